The summed E-state index contributed by atoms with van der Waals surface area (Å²) in [4.78, 5) is 17.8. The van der Waals surface area contributed by atoms with Gasteiger partial charge in [0.2, 0.25) is 0 Å². The van der Waals surface area contributed by atoms with E-state index in [9.17, 15) is 4.79 Å². The molecule has 0 spiro atoms. The van der Waals surface area contributed by atoms with Crippen LogP contribution in [-0.2, 0) is 0 Å². The van der Waals surface area contributed by atoms with E-state index in [0.29, 0.717) is 11.9 Å². The number of rotatable bonds is 5. The van der Waals surface area contributed by atoms with E-state index >= 15 is 0 Å². The summed E-state index contributed by atoms with van der Waals surface area (Å²) in [5.41, 5.74) is 5.56. The molecule has 1 saturated carbocycles. The van der Waals surface area contributed by atoms with Gasteiger partial charge in [-0.05, 0) is 18.8 Å². The maximum atomic E-state index is 11.3. The molecule has 2 rings (SSSR count). The summed E-state index contributed by atoms with van der Waals surface area (Å²) in [5, 5.41) is 3.25. The number of aromatic amines is 1. The lowest BCUT2D eigenvalue weighted by atomic mass is 10.1. The Bertz CT molecular complexity index is 411. The van der Waals surface area contributed by atoms with Crippen LogP contribution in [0.4, 0.5) is 11.5 Å². The number of nitrogen functional groups attached to an aromatic ring is 1. The number of aromatic nitrogens is 2. The van der Waals surface area contributed by atoms with Gasteiger partial charge < -0.3 is 16.0 Å². The van der Waals surface area contributed by atoms with E-state index in [1.165, 1.54) is 19.2 Å². The molecule has 0 saturated heterocycles. The van der Waals surface area contributed by atoms with Crippen LogP contribution in [0.3, 0.4) is 0 Å². The molecule has 1 heterocycles. The highest BCUT2D eigenvalue weighted by atomic mass is 16.1. The summed E-state index contributed by atoms with van der Waals surface area (Å²) in [6, 6.07) is 0.365. The second-order valence-corrected chi connectivity index (χ2v) is 4.42. The highest BCUT2D eigenvalue weighted by Gasteiger charge is 2.25. The molecular formula is C11H18N4O. The third-order valence-electron chi connectivity index (χ3n) is 3.04. The predicted molar refractivity (Wildman–Crippen MR) is 64.3 cm³/mol. The number of hydrogen-bond donors (Lipinski definition) is 3. The number of nitrogens with zero attached hydrogens (tertiary/aromatic N) is 1. The molecule has 0 amide bonds. The van der Waals surface area contributed by atoms with Crippen molar-refractivity contribution in [1.82, 2.24) is 9.97 Å². The molecule has 4 N–H and O–H groups in total. The van der Waals surface area contributed by atoms with Gasteiger partial charge in [0.1, 0.15) is 5.69 Å². The third kappa shape index (κ3) is 2.53. The standard InChI is InChI=1S/C11H18N4O/c1-2-8(5-7-3-4-7)15-10-9(12)11(16)14-6-13-10/h6-8H,2-5,12H2,1H3,(H2,13,14,15,16). The first kappa shape index (κ1) is 11.0. The van der Waals surface area contributed by atoms with Crippen molar-refractivity contribution in [2.45, 2.75) is 38.6 Å². The van der Waals surface area contributed by atoms with Crippen molar-refractivity contribution in [3.05, 3.63) is 16.7 Å². The van der Waals surface area contributed by atoms with Crippen LogP contribution in [0.5, 0.6) is 0 Å². The second-order valence-electron chi connectivity index (χ2n) is 4.42. The van der Waals surface area contributed by atoms with Crippen molar-refractivity contribution in [3.8, 4) is 0 Å². The molecule has 0 aliphatic heterocycles. The summed E-state index contributed by atoms with van der Waals surface area (Å²) in [7, 11) is 0. The van der Waals surface area contributed by atoms with E-state index in [0.717, 1.165) is 18.8 Å². The van der Waals surface area contributed by atoms with Crippen molar-refractivity contribution in [2.24, 2.45) is 5.92 Å². The Morgan fingerprint density at radius 3 is 3.06 bits per heavy atom. The highest BCUT2D eigenvalue weighted by molar-refractivity contribution is 5.59. The molecule has 1 aliphatic carbocycles. The Morgan fingerprint density at radius 2 is 2.44 bits per heavy atom. The number of nitrogens with one attached hydrogen (secondary N) is 2. The molecular weight excluding hydrogens is 204 g/mol. The van der Waals surface area contributed by atoms with Crippen LogP contribution in [0.2, 0.25) is 0 Å². The fourth-order valence-corrected chi connectivity index (χ4v) is 1.80. The lowest BCUT2D eigenvalue weighted by Crippen LogP contribution is -2.23. The van der Waals surface area contributed by atoms with Gasteiger partial charge in [-0.2, -0.15) is 0 Å². The van der Waals surface area contributed by atoms with E-state index in [2.05, 4.69) is 22.2 Å². The Hall–Kier alpha value is -1.52. The molecule has 1 aliphatic rings. The van der Waals surface area contributed by atoms with Crippen LogP contribution >= 0.6 is 0 Å². The Morgan fingerprint density at radius 1 is 1.69 bits per heavy atom. The van der Waals surface area contributed by atoms with Crippen LogP contribution < -0.4 is 16.6 Å². The molecule has 0 aromatic carbocycles. The molecule has 0 bridgehead atoms. The van der Waals surface area contributed by atoms with Gasteiger partial charge in [-0.25, -0.2) is 4.98 Å². The number of anilines is 2. The summed E-state index contributed by atoms with van der Waals surface area (Å²) >= 11 is 0. The smallest absolute Gasteiger partial charge is 0.276 e. The van der Waals surface area contributed by atoms with Gasteiger partial charge in [0.15, 0.2) is 5.82 Å². The van der Waals surface area contributed by atoms with Crippen LogP contribution in [0.15, 0.2) is 11.1 Å². The topological polar surface area (TPSA) is 83.8 Å². The first-order chi connectivity index (χ1) is 7.70. The minimum Gasteiger partial charge on any atom is -0.391 e. The minimum absolute atomic E-state index is 0.178. The SMILES string of the molecule is CCC(CC1CC1)Nc1nc[nH]c(=O)c1N. The largest absolute Gasteiger partial charge is 0.391 e. The van der Waals surface area contributed by atoms with Crippen LogP contribution in [0, 0.1) is 5.92 Å². The Labute approximate surface area is 94.5 Å². The van der Waals surface area contributed by atoms with E-state index in [1.807, 2.05) is 0 Å². The minimum atomic E-state index is -0.279. The Kier molecular flexibility index (Phi) is 3.12. The molecule has 1 aromatic rings. The van der Waals surface area contributed by atoms with Crippen LogP contribution in [-0.4, -0.2) is 16.0 Å². The highest BCUT2D eigenvalue weighted by Crippen LogP contribution is 2.34. The van der Waals surface area contributed by atoms with Gasteiger partial charge in [-0.1, -0.05) is 19.8 Å². The van der Waals surface area contributed by atoms with Gasteiger partial charge in [-0.3, -0.25) is 4.79 Å². The molecule has 16 heavy (non-hydrogen) atoms. The first-order valence-electron chi connectivity index (χ1n) is 5.80. The maximum absolute atomic E-state index is 11.3. The molecule has 1 aromatic heterocycles. The normalized spacial score (nSPS) is 17.1. The van der Waals surface area contributed by atoms with Crippen molar-refractivity contribution >= 4 is 11.5 Å². The zero-order valence-electron chi connectivity index (χ0n) is 9.49. The average molecular weight is 222 g/mol. The zero-order chi connectivity index (χ0) is 11.5. The quantitative estimate of drug-likeness (QED) is 0.702. The van der Waals surface area contributed by atoms with E-state index in [4.69, 9.17) is 5.73 Å². The van der Waals surface area contributed by atoms with Gasteiger partial charge in [0.05, 0.1) is 6.33 Å². The fourth-order valence-electron chi connectivity index (χ4n) is 1.80. The number of H-pyrrole nitrogens is 1. The number of hydrogen-bond acceptors (Lipinski definition) is 4. The molecule has 5 nitrogen and oxygen atoms in total. The Balaban J connectivity index is 2.05. The summed E-state index contributed by atoms with van der Waals surface area (Å²) in [5.74, 6) is 1.36. The summed E-state index contributed by atoms with van der Waals surface area (Å²) < 4.78 is 0. The molecule has 1 atom stereocenters. The predicted octanol–water partition coefficient (Wildman–Crippen LogP) is 1.34. The summed E-state index contributed by atoms with van der Waals surface area (Å²) in [6.07, 6.45) is 6.20. The molecule has 5 heteroatoms. The fraction of sp³-hybridized carbons (Fsp3) is 0.636. The molecule has 1 fully saturated rings. The van der Waals surface area contributed by atoms with E-state index in [1.54, 1.807) is 0 Å². The van der Waals surface area contributed by atoms with Crippen molar-refractivity contribution in [2.75, 3.05) is 11.1 Å². The van der Waals surface area contributed by atoms with E-state index in [-0.39, 0.29) is 11.2 Å². The molecule has 0 radical (unpaired) electrons. The van der Waals surface area contributed by atoms with Gasteiger partial charge >= 0.3 is 0 Å². The first-order valence-corrected chi connectivity index (χ1v) is 5.80. The monoisotopic (exact) mass is 222 g/mol. The van der Waals surface area contributed by atoms with Crippen molar-refractivity contribution in [1.29, 1.82) is 0 Å². The zero-order valence-corrected chi connectivity index (χ0v) is 9.49. The van der Waals surface area contributed by atoms with Gasteiger partial charge in [-0.15, -0.1) is 0 Å². The van der Waals surface area contributed by atoms with Crippen molar-refractivity contribution < 1.29 is 0 Å². The van der Waals surface area contributed by atoms with Crippen LogP contribution in [0.1, 0.15) is 32.6 Å². The van der Waals surface area contributed by atoms with Gasteiger partial charge in [0.25, 0.3) is 5.56 Å². The van der Waals surface area contributed by atoms with Crippen LogP contribution in [0.25, 0.3) is 0 Å². The van der Waals surface area contributed by atoms with Gasteiger partial charge in [0, 0.05) is 6.04 Å². The second kappa shape index (κ2) is 4.55. The summed E-state index contributed by atoms with van der Waals surface area (Å²) in [6.45, 7) is 2.13. The third-order valence-corrected chi connectivity index (χ3v) is 3.04. The maximum Gasteiger partial charge on any atom is 0.276 e. The van der Waals surface area contributed by atoms with E-state index < -0.39 is 0 Å². The number of nitrogens with two attached hydrogens (primary N) is 1. The molecule has 88 valence electrons. The lowest BCUT2D eigenvalue weighted by molar-refractivity contribution is 0.585. The van der Waals surface area contributed by atoms with Crippen molar-refractivity contribution in [3.63, 3.8) is 0 Å². The average Bonchev–Trinajstić information content (AvgIpc) is 3.07. The molecule has 1 unspecified atom stereocenters. The lowest BCUT2D eigenvalue weighted by Gasteiger charge is -2.17.